The van der Waals surface area contributed by atoms with Crippen LogP contribution >= 0.6 is 0 Å². The van der Waals surface area contributed by atoms with Gasteiger partial charge in [-0.1, -0.05) is 19.0 Å². The van der Waals surface area contributed by atoms with Crippen LogP contribution in [-0.2, 0) is 9.59 Å². The lowest BCUT2D eigenvalue weighted by molar-refractivity contribution is -0.137. The van der Waals surface area contributed by atoms with E-state index < -0.39 is 5.97 Å². The quantitative estimate of drug-likeness (QED) is 0.757. The molecule has 1 amide bonds. The number of amides is 1. The molecule has 116 valence electrons. The maximum Gasteiger partial charge on any atom is 0.304 e. The number of aliphatic carboxylic acids is 1. The Morgan fingerprint density at radius 2 is 2.24 bits per heavy atom. The van der Waals surface area contributed by atoms with Gasteiger partial charge in [-0.05, 0) is 18.8 Å². The molecule has 0 radical (unpaired) electrons. The molecule has 1 fully saturated rings. The second-order valence-electron chi connectivity index (χ2n) is 5.66. The smallest absolute Gasteiger partial charge is 0.304 e. The Labute approximate surface area is 123 Å². The summed E-state index contributed by atoms with van der Waals surface area (Å²) in [4.78, 5) is 24.5. The summed E-state index contributed by atoms with van der Waals surface area (Å²) in [6.45, 7) is 4.55. The molecule has 2 N–H and O–H groups in total. The van der Waals surface area contributed by atoms with Gasteiger partial charge in [0, 0.05) is 18.7 Å². The van der Waals surface area contributed by atoms with Gasteiger partial charge < -0.3 is 9.63 Å². The first-order chi connectivity index (χ1) is 9.95. The second kappa shape index (κ2) is 6.71. The van der Waals surface area contributed by atoms with E-state index in [1.165, 1.54) is 0 Å². The molecule has 0 saturated heterocycles. The third-order valence-electron chi connectivity index (χ3n) is 3.41. The molecule has 0 aromatic carbocycles. The predicted molar refractivity (Wildman–Crippen MR) is 76.1 cm³/mol. The van der Waals surface area contributed by atoms with E-state index in [0.29, 0.717) is 18.5 Å². The van der Waals surface area contributed by atoms with Crippen LogP contribution in [0.5, 0.6) is 0 Å². The van der Waals surface area contributed by atoms with Crippen molar-refractivity contribution in [3.63, 3.8) is 0 Å². The number of carbonyl (C=O) groups excluding carboxylic acids is 1. The molecule has 21 heavy (non-hydrogen) atoms. The van der Waals surface area contributed by atoms with E-state index in [9.17, 15) is 9.59 Å². The Bertz CT molecular complexity index is 508. The van der Waals surface area contributed by atoms with Gasteiger partial charge in [0.1, 0.15) is 0 Å². The topological polar surface area (TPSA) is 95.7 Å². The van der Waals surface area contributed by atoms with E-state index >= 15 is 0 Å². The lowest BCUT2D eigenvalue weighted by atomic mass is 10.1. The Morgan fingerprint density at radius 1 is 1.52 bits per heavy atom. The fourth-order valence-corrected chi connectivity index (χ4v) is 2.05. The molecule has 1 aliphatic carbocycles. The number of aromatic nitrogens is 1. The number of nitrogens with one attached hydrogen (secondary N) is 1. The fourth-order valence-electron chi connectivity index (χ4n) is 2.05. The zero-order valence-corrected chi connectivity index (χ0v) is 12.3. The molecule has 0 unspecified atom stereocenters. The van der Waals surface area contributed by atoms with Crippen LogP contribution in [0, 0.1) is 0 Å². The summed E-state index contributed by atoms with van der Waals surface area (Å²) in [5.41, 5.74) is 0.787. The highest BCUT2D eigenvalue weighted by Crippen LogP contribution is 2.26. The van der Waals surface area contributed by atoms with Crippen molar-refractivity contribution < 1.29 is 19.2 Å². The van der Waals surface area contributed by atoms with Crippen LogP contribution in [0.25, 0.3) is 0 Å². The van der Waals surface area contributed by atoms with Crippen molar-refractivity contribution in [1.82, 2.24) is 10.1 Å². The molecule has 1 heterocycles. The second-order valence-corrected chi connectivity index (χ2v) is 5.66. The highest BCUT2D eigenvalue weighted by molar-refractivity contribution is 5.91. The molecule has 0 spiro atoms. The average molecular weight is 295 g/mol. The van der Waals surface area contributed by atoms with Gasteiger partial charge in [0.05, 0.1) is 18.7 Å². The third kappa shape index (κ3) is 4.86. The number of carboxylic acids is 1. The number of carboxylic acid groups (broad SMARTS) is 1. The minimum atomic E-state index is -0.849. The molecule has 0 aliphatic heterocycles. The SMILES string of the molecule is CC(C)c1cc(NC(=O)CN(CCC(=O)O)C2CC2)on1. The number of anilines is 1. The minimum Gasteiger partial charge on any atom is -0.481 e. The first kappa shape index (κ1) is 15.5. The van der Waals surface area contributed by atoms with E-state index in [4.69, 9.17) is 9.63 Å². The Kier molecular flexibility index (Phi) is 4.95. The van der Waals surface area contributed by atoms with Crippen LogP contribution in [-0.4, -0.2) is 46.2 Å². The molecule has 7 heteroatoms. The van der Waals surface area contributed by atoms with E-state index in [1.807, 2.05) is 18.7 Å². The molecule has 2 rings (SSSR count). The fraction of sp³-hybridized carbons (Fsp3) is 0.643. The molecule has 0 atom stereocenters. The molecule has 1 saturated carbocycles. The van der Waals surface area contributed by atoms with Gasteiger partial charge in [0.15, 0.2) is 0 Å². The van der Waals surface area contributed by atoms with Gasteiger partial charge in [-0.3, -0.25) is 19.8 Å². The van der Waals surface area contributed by atoms with Crippen LogP contribution in [0.1, 0.15) is 44.7 Å². The van der Waals surface area contributed by atoms with Crippen molar-refractivity contribution in [1.29, 1.82) is 0 Å². The molecular formula is C14H21N3O4. The van der Waals surface area contributed by atoms with Crippen LogP contribution < -0.4 is 5.32 Å². The van der Waals surface area contributed by atoms with E-state index in [-0.39, 0.29) is 24.8 Å². The lowest BCUT2D eigenvalue weighted by Crippen LogP contribution is -2.36. The summed E-state index contributed by atoms with van der Waals surface area (Å²) >= 11 is 0. The first-order valence-electron chi connectivity index (χ1n) is 7.18. The van der Waals surface area contributed by atoms with Gasteiger partial charge in [-0.15, -0.1) is 0 Å². The zero-order valence-electron chi connectivity index (χ0n) is 12.3. The standard InChI is InChI=1S/C14H21N3O4/c1-9(2)11-7-13(21-16-11)15-12(18)8-17(10-3-4-10)6-5-14(19)20/h7,9-10H,3-6,8H2,1-2H3,(H,15,18)(H,19,20). The molecule has 1 aliphatic rings. The Hall–Kier alpha value is -1.89. The van der Waals surface area contributed by atoms with Crippen molar-refractivity contribution >= 4 is 17.8 Å². The Morgan fingerprint density at radius 3 is 2.76 bits per heavy atom. The van der Waals surface area contributed by atoms with Crippen molar-refractivity contribution in [3.8, 4) is 0 Å². The summed E-state index contributed by atoms with van der Waals surface area (Å²) in [6, 6.07) is 2.04. The van der Waals surface area contributed by atoms with Crippen LogP contribution in [0.15, 0.2) is 10.6 Å². The van der Waals surface area contributed by atoms with Crippen molar-refractivity contribution in [2.24, 2.45) is 0 Å². The summed E-state index contributed by atoms with van der Waals surface area (Å²) in [5.74, 6) is -0.493. The normalized spacial score (nSPS) is 14.7. The van der Waals surface area contributed by atoms with Crippen molar-refractivity contribution in [2.45, 2.75) is 45.1 Å². The summed E-state index contributed by atoms with van der Waals surface area (Å²) in [5, 5.41) is 15.3. The number of rotatable bonds is 8. The third-order valence-corrected chi connectivity index (χ3v) is 3.41. The maximum absolute atomic E-state index is 12.0. The highest BCUT2D eigenvalue weighted by Gasteiger charge is 2.30. The summed E-state index contributed by atoms with van der Waals surface area (Å²) in [7, 11) is 0. The predicted octanol–water partition coefficient (Wildman–Crippen LogP) is 1.68. The van der Waals surface area contributed by atoms with Crippen LogP contribution in [0.3, 0.4) is 0 Å². The van der Waals surface area contributed by atoms with Crippen LogP contribution in [0.2, 0.25) is 0 Å². The van der Waals surface area contributed by atoms with Gasteiger partial charge >= 0.3 is 5.97 Å². The molecule has 0 bridgehead atoms. The van der Waals surface area contributed by atoms with Gasteiger partial charge in [0.25, 0.3) is 0 Å². The maximum atomic E-state index is 12.0. The van der Waals surface area contributed by atoms with Crippen molar-refractivity contribution in [2.75, 3.05) is 18.4 Å². The number of nitrogens with zero attached hydrogens (tertiary/aromatic N) is 2. The average Bonchev–Trinajstić information content (AvgIpc) is 3.14. The lowest BCUT2D eigenvalue weighted by Gasteiger charge is -2.19. The molecular weight excluding hydrogens is 274 g/mol. The Balaban J connectivity index is 1.85. The van der Waals surface area contributed by atoms with E-state index in [2.05, 4.69) is 10.5 Å². The minimum absolute atomic E-state index is 0.0452. The van der Waals surface area contributed by atoms with Crippen LogP contribution in [0.4, 0.5) is 5.88 Å². The molecule has 1 aromatic rings. The van der Waals surface area contributed by atoms with E-state index in [0.717, 1.165) is 18.5 Å². The number of hydrogen-bond donors (Lipinski definition) is 2. The number of carbonyl (C=O) groups is 2. The summed E-state index contributed by atoms with van der Waals surface area (Å²) < 4.78 is 5.06. The first-order valence-corrected chi connectivity index (χ1v) is 7.18. The zero-order chi connectivity index (χ0) is 15.4. The van der Waals surface area contributed by atoms with Crippen molar-refractivity contribution in [3.05, 3.63) is 11.8 Å². The van der Waals surface area contributed by atoms with Gasteiger partial charge in [-0.2, -0.15) is 0 Å². The summed E-state index contributed by atoms with van der Waals surface area (Å²) in [6.07, 6.45) is 2.09. The molecule has 7 nitrogen and oxygen atoms in total. The number of hydrogen-bond acceptors (Lipinski definition) is 5. The largest absolute Gasteiger partial charge is 0.481 e. The monoisotopic (exact) mass is 295 g/mol. The molecule has 1 aromatic heterocycles. The van der Waals surface area contributed by atoms with E-state index in [1.54, 1.807) is 6.07 Å². The highest BCUT2D eigenvalue weighted by atomic mass is 16.5. The van der Waals surface area contributed by atoms with Gasteiger partial charge in [-0.25, -0.2) is 0 Å². The van der Waals surface area contributed by atoms with Gasteiger partial charge in [0.2, 0.25) is 11.8 Å².